The van der Waals surface area contributed by atoms with E-state index in [-0.39, 0.29) is 17.2 Å². The molecular weight excluding hydrogens is 428 g/mol. The normalized spacial score (nSPS) is 25.6. The minimum absolute atomic E-state index is 0.00662. The molecule has 0 spiro atoms. The Labute approximate surface area is 140 Å². The Kier molecular flexibility index (Phi) is 5.70. The highest BCUT2D eigenvalue weighted by molar-refractivity contribution is 9.13. The van der Waals surface area contributed by atoms with E-state index >= 15 is 0 Å². The summed E-state index contributed by atoms with van der Waals surface area (Å²) in [4.78, 5) is 1.13. The number of nitrogens with one attached hydrogen (secondary N) is 1. The molecule has 0 radical (unpaired) electrons. The summed E-state index contributed by atoms with van der Waals surface area (Å²) in [6.45, 7) is 0. The molecule has 1 aliphatic carbocycles. The van der Waals surface area contributed by atoms with Crippen molar-refractivity contribution in [2.45, 2.75) is 37.0 Å². The van der Waals surface area contributed by atoms with Crippen molar-refractivity contribution in [3.63, 3.8) is 0 Å². The SMILES string of the molecule is CS(=O)(=O)C1CCCC(C(NN)c2cc(Br)c(Br)s2)C1. The van der Waals surface area contributed by atoms with Gasteiger partial charge in [0.15, 0.2) is 0 Å². The summed E-state index contributed by atoms with van der Waals surface area (Å²) in [5.74, 6) is 5.98. The van der Waals surface area contributed by atoms with Crippen molar-refractivity contribution in [1.82, 2.24) is 5.43 Å². The number of rotatable bonds is 4. The maximum absolute atomic E-state index is 11.8. The Balaban J connectivity index is 2.19. The van der Waals surface area contributed by atoms with E-state index in [1.54, 1.807) is 11.3 Å². The van der Waals surface area contributed by atoms with Crippen molar-refractivity contribution in [1.29, 1.82) is 0 Å². The van der Waals surface area contributed by atoms with Crippen LogP contribution in [0.5, 0.6) is 0 Å². The van der Waals surface area contributed by atoms with Crippen LogP contribution in [-0.4, -0.2) is 19.9 Å². The lowest BCUT2D eigenvalue weighted by Gasteiger charge is -2.33. The minimum Gasteiger partial charge on any atom is -0.271 e. The molecule has 1 aliphatic rings. The van der Waals surface area contributed by atoms with E-state index in [1.807, 2.05) is 6.07 Å². The van der Waals surface area contributed by atoms with E-state index in [1.165, 1.54) is 6.26 Å². The number of hydrogen-bond acceptors (Lipinski definition) is 5. The van der Waals surface area contributed by atoms with Gasteiger partial charge in [0.1, 0.15) is 9.84 Å². The average Bonchev–Trinajstić information content (AvgIpc) is 2.69. The van der Waals surface area contributed by atoms with Gasteiger partial charge in [0.2, 0.25) is 0 Å². The maximum atomic E-state index is 11.8. The first-order chi connectivity index (χ1) is 9.32. The van der Waals surface area contributed by atoms with Gasteiger partial charge in [-0.1, -0.05) is 6.42 Å². The molecule has 1 fully saturated rings. The van der Waals surface area contributed by atoms with Crippen molar-refractivity contribution in [3.8, 4) is 0 Å². The minimum atomic E-state index is -2.97. The highest BCUT2D eigenvalue weighted by atomic mass is 79.9. The van der Waals surface area contributed by atoms with Crippen molar-refractivity contribution >= 4 is 53.0 Å². The zero-order valence-electron chi connectivity index (χ0n) is 11.1. The molecule has 20 heavy (non-hydrogen) atoms. The maximum Gasteiger partial charge on any atom is 0.150 e. The van der Waals surface area contributed by atoms with Gasteiger partial charge in [-0.2, -0.15) is 0 Å². The van der Waals surface area contributed by atoms with Gasteiger partial charge in [-0.25, -0.2) is 8.42 Å². The first kappa shape index (κ1) is 16.9. The van der Waals surface area contributed by atoms with E-state index in [9.17, 15) is 8.42 Å². The standard InChI is InChI=1S/C12H18Br2N2O2S2/c1-20(17,18)8-4-2-3-7(5-8)11(16-15)10-6-9(13)12(14)19-10/h6-8,11,16H,2-5,15H2,1H3. The van der Waals surface area contributed by atoms with Gasteiger partial charge in [-0.15, -0.1) is 11.3 Å². The summed E-state index contributed by atoms with van der Waals surface area (Å²) >= 11 is 8.60. The summed E-state index contributed by atoms with van der Waals surface area (Å²) in [6, 6.07) is 2.05. The third-order valence-electron chi connectivity index (χ3n) is 3.89. The number of sulfone groups is 1. The fourth-order valence-corrected chi connectivity index (χ4v) is 6.28. The molecule has 0 saturated heterocycles. The summed E-state index contributed by atoms with van der Waals surface area (Å²) < 4.78 is 25.6. The molecule has 1 saturated carbocycles. The molecule has 0 aromatic carbocycles. The topological polar surface area (TPSA) is 72.2 Å². The van der Waals surface area contributed by atoms with E-state index in [0.717, 1.165) is 32.4 Å². The molecule has 3 atom stereocenters. The predicted octanol–water partition coefficient (Wildman–Crippen LogP) is 3.38. The second kappa shape index (κ2) is 6.75. The van der Waals surface area contributed by atoms with Crippen molar-refractivity contribution < 1.29 is 8.42 Å². The molecule has 0 amide bonds. The lowest BCUT2D eigenvalue weighted by molar-refractivity contribution is 0.277. The van der Waals surface area contributed by atoms with E-state index in [2.05, 4.69) is 37.3 Å². The van der Waals surface area contributed by atoms with Crippen molar-refractivity contribution in [2.75, 3.05) is 6.26 Å². The van der Waals surface area contributed by atoms with Gasteiger partial charge in [0.25, 0.3) is 0 Å². The van der Waals surface area contributed by atoms with Crippen LogP contribution in [0.15, 0.2) is 14.3 Å². The average molecular weight is 446 g/mol. The Bertz CT molecular complexity index is 555. The number of halogens is 2. The third kappa shape index (κ3) is 3.84. The lowest BCUT2D eigenvalue weighted by Crippen LogP contribution is -2.38. The monoisotopic (exact) mass is 444 g/mol. The number of thiophene rings is 1. The van der Waals surface area contributed by atoms with Gasteiger partial charge < -0.3 is 0 Å². The van der Waals surface area contributed by atoms with Gasteiger partial charge in [0.05, 0.1) is 15.1 Å². The van der Waals surface area contributed by atoms with Gasteiger partial charge in [-0.05, 0) is 63.1 Å². The Morgan fingerprint density at radius 1 is 1.45 bits per heavy atom. The van der Waals surface area contributed by atoms with E-state index in [0.29, 0.717) is 6.42 Å². The highest BCUT2D eigenvalue weighted by Gasteiger charge is 2.34. The van der Waals surface area contributed by atoms with Gasteiger partial charge >= 0.3 is 0 Å². The molecule has 2 rings (SSSR count). The van der Waals surface area contributed by atoms with E-state index in [4.69, 9.17) is 5.84 Å². The zero-order chi connectivity index (χ0) is 14.9. The first-order valence-corrected chi connectivity index (χ1v) is 10.8. The molecule has 0 bridgehead atoms. The molecule has 1 aromatic heterocycles. The van der Waals surface area contributed by atoms with Gasteiger partial charge in [-0.3, -0.25) is 11.3 Å². The second-order valence-corrected chi connectivity index (χ2v) is 10.9. The molecule has 4 nitrogen and oxygen atoms in total. The number of nitrogens with two attached hydrogens (primary N) is 1. The van der Waals surface area contributed by atoms with Crippen LogP contribution in [0.3, 0.4) is 0 Å². The Morgan fingerprint density at radius 3 is 2.65 bits per heavy atom. The second-order valence-electron chi connectivity index (χ2n) is 5.29. The number of hydrogen-bond donors (Lipinski definition) is 2. The smallest absolute Gasteiger partial charge is 0.150 e. The quantitative estimate of drug-likeness (QED) is 0.550. The molecule has 114 valence electrons. The molecule has 1 aromatic rings. The fraction of sp³-hybridized carbons (Fsp3) is 0.667. The fourth-order valence-electron chi connectivity index (χ4n) is 2.84. The number of hydrazine groups is 1. The molecule has 1 heterocycles. The molecule has 3 unspecified atom stereocenters. The van der Waals surface area contributed by atoms with Crippen LogP contribution in [0.25, 0.3) is 0 Å². The summed E-state index contributed by atoms with van der Waals surface area (Å²) in [5, 5.41) is -0.232. The van der Waals surface area contributed by atoms with Crippen LogP contribution in [0.4, 0.5) is 0 Å². The van der Waals surface area contributed by atoms with Crippen LogP contribution in [-0.2, 0) is 9.84 Å². The summed E-state index contributed by atoms with van der Waals surface area (Å²) in [5.41, 5.74) is 2.87. The van der Waals surface area contributed by atoms with Crippen molar-refractivity contribution in [3.05, 3.63) is 19.2 Å². The molecule has 3 N–H and O–H groups in total. The zero-order valence-corrected chi connectivity index (χ0v) is 15.9. The van der Waals surface area contributed by atoms with Gasteiger partial charge in [0, 0.05) is 15.6 Å². The lowest BCUT2D eigenvalue weighted by atomic mass is 9.83. The van der Waals surface area contributed by atoms with Crippen LogP contribution in [0.2, 0.25) is 0 Å². The summed E-state index contributed by atoms with van der Waals surface area (Å²) in [7, 11) is -2.97. The summed E-state index contributed by atoms with van der Waals surface area (Å²) in [6.07, 6.45) is 4.73. The molecule has 8 heteroatoms. The predicted molar refractivity (Wildman–Crippen MR) is 90.4 cm³/mol. The first-order valence-electron chi connectivity index (χ1n) is 6.42. The van der Waals surface area contributed by atoms with Crippen molar-refractivity contribution in [2.24, 2.45) is 11.8 Å². The molecule has 0 aliphatic heterocycles. The van der Waals surface area contributed by atoms with Crippen LogP contribution < -0.4 is 11.3 Å². The molecular formula is C12H18Br2N2O2S2. The van der Waals surface area contributed by atoms with Crippen LogP contribution in [0, 0.1) is 5.92 Å². The largest absolute Gasteiger partial charge is 0.271 e. The van der Waals surface area contributed by atoms with Crippen LogP contribution >= 0.6 is 43.2 Å². The Hall–Kier alpha value is 0.530. The van der Waals surface area contributed by atoms with Crippen LogP contribution in [0.1, 0.15) is 36.6 Å². The Morgan fingerprint density at radius 2 is 2.15 bits per heavy atom. The van der Waals surface area contributed by atoms with E-state index < -0.39 is 9.84 Å². The third-order valence-corrected chi connectivity index (χ3v) is 8.87. The highest BCUT2D eigenvalue weighted by Crippen LogP contribution is 2.42.